The minimum absolute atomic E-state index is 0.142. The second-order valence-corrected chi connectivity index (χ2v) is 4.06. The summed E-state index contributed by atoms with van der Waals surface area (Å²) < 4.78 is 0. The van der Waals surface area contributed by atoms with Crippen LogP contribution in [-0.4, -0.2) is 11.2 Å². The van der Waals surface area contributed by atoms with Gasteiger partial charge in [-0.15, -0.1) is 0 Å². The fourth-order valence-electron chi connectivity index (χ4n) is 1.12. The summed E-state index contributed by atoms with van der Waals surface area (Å²) >= 11 is 1.13. The van der Waals surface area contributed by atoms with Gasteiger partial charge >= 0.3 is 5.03 Å². The number of thioether (sulfide) groups is 1. The molecule has 0 saturated heterocycles. The highest BCUT2D eigenvalue weighted by molar-refractivity contribution is 8.02. The zero-order chi connectivity index (χ0) is 12.0. The molecule has 16 heavy (non-hydrogen) atoms. The number of hydrogen-bond donors (Lipinski definition) is 0. The second kappa shape index (κ2) is 6.12. The van der Waals surface area contributed by atoms with Crippen molar-refractivity contribution in [2.75, 3.05) is 6.26 Å². The molecule has 0 aliphatic carbocycles. The number of rotatable bonds is 4. The summed E-state index contributed by atoms with van der Waals surface area (Å²) in [7, 11) is 0. The first-order valence-corrected chi connectivity index (χ1v) is 5.99. The predicted molar refractivity (Wildman–Crippen MR) is 68.8 cm³/mol. The van der Waals surface area contributed by atoms with E-state index in [0.717, 1.165) is 17.3 Å². The Hall–Kier alpha value is -1.55. The standard InChI is InChI=1S/C12H13NO2S/c1-10-6-8-11(9-7-10)4-3-5-12(16-2)13(14)15/h3-9H,1-2H3/b4-3+,12-5-. The van der Waals surface area contributed by atoms with E-state index in [0.29, 0.717) is 0 Å². The first-order valence-electron chi connectivity index (χ1n) is 4.77. The molecule has 0 atom stereocenters. The highest BCUT2D eigenvalue weighted by Gasteiger charge is 2.04. The third kappa shape index (κ3) is 3.90. The highest BCUT2D eigenvalue weighted by Crippen LogP contribution is 2.12. The van der Waals surface area contributed by atoms with E-state index >= 15 is 0 Å². The van der Waals surface area contributed by atoms with E-state index in [-0.39, 0.29) is 9.95 Å². The average Bonchev–Trinajstić information content (AvgIpc) is 2.26. The van der Waals surface area contributed by atoms with Gasteiger partial charge in [-0.25, -0.2) is 0 Å². The van der Waals surface area contributed by atoms with Crippen molar-refractivity contribution in [3.05, 3.63) is 62.7 Å². The molecule has 3 nitrogen and oxygen atoms in total. The largest absolute Gasteiger partial charge is 0.302 e. The van der Waals surface area contributed by atoms with Gasteiger partial charge in [0, 0.05) is 6.08 Å². The van der Waals surface area contributed by atoms with Crippen LogP contribution in [0.15, 0.2) is 41.4 Å². The Morgan fingerprint density at radius 3 is 2.50 bits per heavy atom. The van der Waals surface area contributed by atoms with Crippen LogP contribution in [0.25, 0.3) is 6.08 Å². The van der Waals surface area contributed by atoms with Gasteiger partial charge in [-0.3, -0.25) is 10.1 Å². The average molecular weight is 235 g/mol. The molecule has 1 rings (SSSR count). The normalized spacial score (nSPS) is 12.0. The molecule has 0 bridgehead atoms. The Morgan fingerprint density at radius 2 is 2.00 bits per heavy atom. The molecule has 1 aromatic carbocycles. The van der Waals surface area contributed by atoms with Gasteiger partial charge in [0.2, 0.25) is 0 Å². The van der Waals surface area contributed by atoms with Gasteiger partial charge in [0.1, 0.15) is 0 Å². The smallest absolute Gasteiger partial charge is 0.258 e. The first kappa shape index (κ1) is 12.5. The van der Waals surface area contributed by atoms with Crippen molar-refractivity contribution in [2.45, 2.75) is 6.92 Å². The van der Waals surface area contributed by atoms with E-state index < -0.39 is 0 Å². The van der Waals surface area contributed by atoms with Gasteiger partial charge < -0.3 is 0 Å². The van der Waals surface area contributed by atoms with Crippen molar-refractivity contribution in [3.8, 4) is 0 Å². The Labute approximate surface area is 99.0 Å². The van der Waals surface area contributed by atoms with Crippen molar-refractivity contribution in [1.29, 1.82) is 0 Å². The van der Waals surface area contributed by atoms with Gasteiger partial charge in [0.25, 0.3) is 0 Å². The fraction of sp³-hybridized carbons (Fsp3) is 0.167. The van der Waals surface area contributed by atoms with E-state index in [1.807, 2.05) is 37.3 Å². The van der Waals surface area contributed by atoms with E-state index in [1.54, 1.807) is 12.3 Å². The maximum absolute atomic E-state index is 10.5. The van der Waals surface area contributed by atoms with Gasteiger partial charge in [0.15, 0.2) is 0 Å². The lowest BCUT2D eigenvalue weighted by molar-refractivity contribution is -0.410. The minimum Gasteiger partial charge on any atom is -0.258 e. The zero-order valence-electron chi connectivity index (χ0n) is 9.21. The van der Waals surface area contributed by atoms with Crippen LogP contribution < -0.4 is 0 Å². The zero-order valence-corrected chi connectivity index (χ0v) is 10.0. The predicted octanol–water partition coefficient (Wildman–Crippen LogP) is 3.49. The summed E-state index contributed by atoms with van der Waals surface area (Å²) in [5.74, 6) is 0. The molecule has 0 fully saturated rings. The lowest BCUT2D eigenvalue weighted by Gasteiger charge is -1.93. The van der Waals surface area contributed by atoms with E-state index in [1.165, 1.54) is 11.6 Å². The SMILES string of the molecule is CS/C(=C\C=C\c1ccc(C)cc1)[N+](=O)[O-]. The molecular weight excluding hydrogens is 222 g/mol. The maximum Gasteiger partial charge on any atom is 0.302 e. The number of nitro groups is 1. The molecule has 0 aromatic heterocycles. The summed E-state index contributed by atoms with van der Waals surface area (Å²) in [6.45, 7) is 2.02. The molecule has 0 aliphatic heterocycles. The Kier molecular flexibility index (Phi) is 4.79. The molecule has 0 amide bonds. The number of benzene rings is 1. The van der Waals surface area contributed by atoms with Crippen LogP contribution in [0.3, 0.4) is 0 Å². The van der Waals surface area contributed by atoms with Crippen LogP contribution in [0, 0.1) is 17.0 Å². The lowest BCUT2D eigenvalue weighted by atomic mass is 10.1. The molecule has 0 aliphatic rings. The molecule has 0 N–H and O–H groups in total. The molecule has 0 saturated carbocycles. The van der Waals surface area contributed by atoms with Crippen LogP contribution in [-0.2, 0) is 0 Å². The van der Waals surface area contributed by atoms with Crippen LogP contribution in [0.1, 0.15) is 11.1 Å². The highest BCUT2D eigenvalue weighted by atomic mass is 32.2. The van der Waals surface area contributed by atoms with Crippen LogP contribution >= 0.6 is 11.8 Å². The Bertz CT molecular complexity index is 421. The molecular formula is C12H13NO2S. The molecule has 0 heterocycles. The van der Waals surface area contributed by atoms with Gasteiger partial charge in [-0.05, 0) is 18.7 Å². The fourth-order valence-corrected chi connectivity index (χ4v) is 1.49. The molecule has 84 valence electrons. The third-order valence-corrected chi connectivity index (χ3v) is 2.70. The molecule has 0 spiro atoms. The Morgan fingerprint density at radius 1 is 1.38 bits per heavy atom. The summed E-state index contributed by atoms with van der Waals surface area (Å²) in [6, 6.07) is 7.97. The minimum atomic E-state index is -0.385. The summed E-state index contributed by atoms with van der Waals surface area (Å²) in [5, 5.41) is 10.6. The number of allylic oxidation sites excluding steroid dienone is 2. The summed E-state index contributed by atoms with van der Waals surface area (Å²) in [6.07, 6.45) is 6.73. The topological polar surface area (TPSA) is 43.1 Å². The lowest BCUT2D eigenvalue weighted by Crippen LogP contribution is -1.92. The maximum atomic E-state index is 10.5. The van der Waals surface area contributed by atoms with Gasteiger partial charge in [-0.2, -0.15) is 0 Å². The summed E-state index contributed by atoms with van der Waals surface area (Å²) in [5.41, 5.74) is 2.23. The molecule has 4 heteroatoms. The van der Waals surface area contributed by atoms with Crippen molar-refractivity contribution in [3.63, 3.8) is 0 Å². The Balaban J connectivity index is 2.74. The van der Waals surface area contributed by atoms with E-state index in [2.05, 4.69) is 0 Å². The summed E-state index contributed by atoms with van der Waals surface area (Å²) in [4.78, 5) is 10.1. The molecule has 1 aromatic rings. The van der Waals surface area contributed by atoms with E-state index in [4.69, 9.17) is 0 Å². The first-order chi connectivity index (χ1) is 7.63. The van der Waals surface area contributed by atoms with Gasteiger partial charge in [-0.1, -0.05) is 53.7 Å². The molecule has 0 unspecified atom stereocenters. The third-order valence-electron chi connectivity index (χ3n) is 1.99. The molecule has 0 radical (unpaired) electrons. The van der Waals surface area contributed by atoms with Gasteiger partial charge in [0.05, 0.1) is 4.92 Å². The van der Waals surface area contributed by atoms with E-state index in [9.17, 15) is 10.1 Å². The monoisotopic (exact) mass is 235 g/mol. The number of hydrogen-bond acceptors (Lipinski definition) is 3. The quantitative estimate of drug-likeness (QED) is 0.456. The van der Waals surface area contributed by atoms with Crippen molar-refractivity contribution < 1.29 is 4.92 Å². The van der Waals surface area contributed by atoms with Crippen LogP contribution in [0.4, 0.5) is 0 Å². The van der Waals surface area contributed by atoms with Crippen molar-refractivity contribution in [1.82, 2.24) is 0 Å². The van der Waals surface area contributed by atoms with Crippen LogP contribution in [0.5, 0.6) is 0 Å². The van der Waals surface area contributed by atoms with Crippen LogP contribution in [0.2, 0.25) is 0 Å². The number of nitrogens with zero attached hydrogens (tertiary/aromatic N) is 1. The number of aryl methyl sites for hydroxylation is 1. The van der Waals surface area contributed by atoms with Crippen molar-refractivity contribution in [2.24, 2.45) is 0 Å². The van der Waals surface area contributed by atoms with Crippen molar-refractivity contribution >= 4 is 17.8 Å². The second-order valence-electron chi connectivity index (χ2n) is 3.24.